The van der Waals surface area contributed by atoms with Gasteiger partial charge in [-0.2, -0.15) is 0 Å². The number of phosphoric acid groups is 2. The van der Waals surface area contributed by atoms with Gasteiger partial charge in [-0.05, 0) is 49.4 Å². The zero-order chi connectivity index (χ0) is 62.5. The van der Waals surface area contributed by atoms with Crippen LogP contribution < -0.4 is 0 Å². The molecule has 0 fully saturated rings. The molecule has 0 saturated carbocycles. The molecule has 0 saturated heterocycles. The summed E-state index contributed by atoms with van der Waals surface area (Å²) in [7, 11) is -9.89. The van der Waals surface area contributed by atoms with Crippen LogP contribution in [0, 0.1) is 23.7 Å². The molecule has 0 aromatic carbocycles. The Labute approximate surface area is 511 Å². The molecule has 0 aliphatic rings. The SMILES string of the molecule is CC(C)CCCCCCCCCCCC(=O)O[C@H](COC(=O)CCCCCCCCCC(C)C)COP(=O)(O)OCC(O)COP(=O)(O)OC[C@@H](COC(=O)CCCCCCCCCC(C)C)OC(=O)CCCCCCCCCCCC(C)C. The minimum Gasteiger partial charge on any atom is -0.462 e. The minimum absolute atomic E-state index is 0.104. The fourth-order valence-corrected chi connectivity index (χ4v) is 11.2. The summed E-state index contributed by atoms with van der Waals surface area (Å²) in [6.45, 7) is 13.9. The summed E-state index contributed by atoms with van der Waals surface area (Å²) in [5.74, 6) is 0.744. The summed E-state index contributed by atoms with van der Waals surface area (Å²) in [6.07, 6.45) is 35.0. The van der Waals surface area contributed by atoms with E-state index in [-0.39, 0.29) is 25.7 Å². The molecule has 0 aliphatic carbocycles. The van der Waals surface area contributed by atoms with E-state index in [1.807, 2.05) is 0 Å². The second-order valence-electron chi connectivity index (χ2n) is 25.4. The van der Waals surface area contributed by atoms with E-state index in [1.54, 1.807) is 0 Å². The minimum atomic E-state index is -4.95. The number of aliphatic hydroxyl groups excluding tert-OH is 1. The van der Waals surface area contributed by atoms with Crippen molar-refractivity contribution >= 4 is 39.5 Å². The molecule has 0 heterocycles. The van der Waals surface area contributed by atoms with E-state index in [2.05, 4.69) is 55.4 Å². The highest BCUT2D eigenvalue weighted by Gasteiger charge is 2.30. The van der Waals surface area contributed by atoms with Gasteiger partial charge in [-0.1, -0.05) is 261 Å². The van der Waals surface area contributed by atoms with Gasteiger partial charge in [-0.25, -0.2) is 9.13 Å². The molecule has 4 atom stereocenters. The normalized spacial score (nSPS) is 14.4. The molecule has 0 amide bonds. The third-order valence-corrected chi connectivity index (χ3v) is 16.7. The molecule has 0 aliphatic heterocycles. The van der Waals surface area contributed by atoms with E-state index in [1.165, 1.54) is 103 Å². The molecular weight excluding hydrogens is 1110 g/mol. The van der Waals surface area contributed by atoms with Crippen LogP contribution in [0.2, 0.25) is 0 Å². The van der Waals surface area contributed by atoms with E-state index in [0.29, 0.717) is 37.5 Å². The van der Waals surface area contributed by atoms with Gasteiger partial charge in [0.2, 0.25) is 0 Å². The van der Waals surface area contributed by atoms with Crippen molar-refractivity contribution in [3.05, 3.63) is 0 Å². The number of hydrogen-bond donors (Lipinski definition) is 3. The molecule has 0 aromatic rings. The van der Waals surface area contributed by atoms with Crippen LogP contribution in [0.5, 0.6) is 0 Å². The largest absolute Gasteiger partial charge is 0.472 e. The number of esters is 4. The monoisotopic (exact) mass is 1240 g/mol. The van der Waals surface area contributed by atoms with Crippen molar-refractivity contribution < 1.29 is 80.2 Å². The van der Waals surface area contributed by atoms with Gasteiger partial charge in [0.05, 0.1) is 26.4 Å². The van der Waals surface area contributed by atoms with Crippen molar-refractivity contribution in [2.75, 3.05) is 39.6 Å². The first-order valence-electron chi connectivity index (χ1n) is 33.7. The lowest BCUT2D eigenvalue weighted by Crippen LogP contribution is -2.30. The summed E-state index contributed by atoms with van der Waals surface area (Å²) in [6, 6.07) is 0. The van der Waals surface area contributed by atoms with E-state index >= 15 is 0 Å². The zero-order valence-corrected chi connectivity index (χ0v) is 56.3. The summed E-state index contributed by atoms with van der Waals surface area (Å²) in [5.41, 5.74) is 0. The predicted molar refractivity (Wildman–Crippen MR) is 335 cm³/mol. The van der Waals surface area contributed by atoms with Crippen LogP contribution in [0.15, 0.2) is 0 Å². The van der Waals surface area contributed by atoms with Crippen molar-refractivity contribution in [1.29, 1.82) is 0 Å². The van der Waals surface area contributed by atoms with E-state index in [0.717, 1.165) is 115 Å². The lowest BCUT2D eigenvalue weighted by atomic mass is 10.0. The summed E-state index contributed by atoms with van der Waals surface area (Å²) < 4.78 is 68.0. The first-order chi connectivity index (χ1) is 40.1. The second kappa shape index (κ2) is 55.2. The van der Waals surface area contributed by atoms with E-state index in [9.17, 15) is 43.2 Å². The molecule has 2 unspecified atom stereocenters. The number of carbonyl (C=O) groups excluding carboxylic acids is 4. The van der Waals surface area contributed by atoms with Crippen LogP contribution in [0.4, 0.5) is 0 Å². The van der Waals surface area contributed by atoms with Crippen LogP contribution in [-0.2, 0) is 65.4 Å². The Morgan fingerprint density at radius 3 is 0.738 bits per heavy atom. The summed E-state index contributed by atoms with van der Waals surface area (Å²) in [4.78, 5) is 72.3. The van der Waals surface area contributed by atoms with Gasteiger partial charge in [0.1, 0.15) is 19.3 Å². The van der Waals surface area contributed by atoms with Crippen LogP contribution >= 0.6 is 15.6 Å². The highest BCUT2D eigenvalue weighted by atomic mass is 31.2. The maximum absolute atomic E-state index is 13.0. The van der Waals surface area contributed by atoms with Gasteiger partial charge in [0.15, 0.2) is 12.2 Å². The molecule has 19 heteroatoms. The number of hydrogen-bond acceptors (Lipinski definition) is 15. The van der Waals surface area contributed by atoms with Crippen molar-refractivity contribution in [3.8, 4) is 0 Å². The molecule has 0 bridgehead atoms. The Morgan fingerprint density at radius 2 is 0.500 bits per heavy atom. The highest BCUT2D eigenvalue weighted by molar-refractivity contribution is 7.47. The average molecular weight is 1240 g/mol. The van der Waals surface area contributed by atoms with Crippen LogP contribution in [0.1, 0.15) is 312 Å². The highest BCUT2D eigenvalue weighted by Crippen LogP contribution is 2.45. The Bertz CT molecular complexity index is 1560. The second-order valence-corrected chi connectivity index (χ2v) is 28.3. The van der Waals surface area contributed by atoms with Crippen molar-refractivity contribution in [2.45, 2.75) is 331 Å². The fourth-order valence-electron chi connectivity index (χ4n) is 9.61. The van der Waals surface area contributed by atoms with Gasteiger partial charge in [-0.3, -0.25) is 37.3 Å². The maximum Gasteiger partial charge on any atom is 0.472 e. The van der Waals surface area contributed by atoms with Crippen molar-refractivity contribution in [3.63, 3.8) is 0 Å². The molecular formula is C65H126O17P2. The standard InChI is InChI=1S/C65H126O17P2/c1-55(2)41-33-25-17-11-9-13-21-31-39-47-64(69)81-60(51-75-62(67)45-37-29-23-15-19-27-35-43-57(5)6)53-79-83(71,72)77-49-59(66)50-78-84(73,74)80-54-61(52-76-63(68)46-38-30-24-16-20-28-36-44-58(7)8)82-65(70)48-40-32-22-14-10-12-18-26-34-42-56(3)4/h55-61,66H,9-54H2,1-8H3,(H,71,72)(H,73,74)/t60-,61-/m1/s1. The molecule has 0 spiro atoms. The van der Waals surface area contributed by atoms with Gasteiger partial charge in [0, 0.05) is 25.7 Å². The molecule has 84 heavy (non-hydrogen) atoms. The van der Waals surface area contributed by atoms with Crippen molar-refractivity contribution in [2.24, 2.45) is 23.7 Å². The Hall–Kier alpha value is -1.94. The quantitative estimate of drug-likeness (QED) is 0.0222. The average Bonchev–Trinajstić information content (AvgIpc) is 3.57. The van der Waals surface area contributed by atoms with Crippen molar-refractivity contribution in [1.82, 2.24) is 0 Å². The summed E-state index contributed by atoms with van der Waals surface area (Å²) >= 11 is 0. The molecule has 3 N–H and O–H groups in total. The van der Waals surface area contributed by atoms with E-state index < -0.39 is 97.5 Å². The van der Waals surface area contributed by atoms with Gasteiger partial charge in [-0.15, -0.1) is 0 Å². The molecule has 0 radical (unpaired) electrons. The van der Waals surface area contributed by atoms with Gasteiger partial charge < -0.3 is 33.8 Å². The van der Waals surface area contributed by atoms with E-state index in [4.69, 9.17) is 37.0 Å². The Balaban J connectivity index is 5.26. The Morgan fingerprint density at radius 1 is 0.298 bits per heavy atom. The van der Waals surface area contributed by atoms with Gasteiger partial charge >= 0.3 is 39.5 Å². The van der Waals surface area contributed by atoms with Crippen LogP contribution in [0.3, 0.4) is 0 Å². The first-order valence-corrected chi connectivity index (χ1v) is 36.7. The van der Waals surface area contributed by atoms with Crippen LogP contribution in [0.25, 0.3) is 0 Å². The third-order valence-electron chi connectivity index (χ3n) is 14.8. The van der Waals surface area contributed by atoms with Crippen LogP contribution in [-0.4, -0.2) is 96.7 Å². The van der Waals surface area contributed by atoms with Gasteiger partial charge in [0.25, 0.3) is 0 Å². The number of unbranched alkanes of at least 4 members (excludes halogenated alkanes) is 28. The first kappa shape index (κ1) is 82.1. The molecule has 498 valence electrons. The predicted octanol–water partition coefficient (Wildman–Crippen LogP) is 17.8. The lowest BCUT2D eigenvalue weighted by molar-refractivity contribution is -0.161. The number of phosphoric ester groups is 2. The number of carbonyl (C=O) groups is 4. The topological polar surface area (TPSA) is 237 Å². The Kier molecular flexibility index (Phi) is 53.9. The lowest BCUT2D eigenvalue weighted by Gasteiger charge is -2.21. The molecule has 0 rings (SSSR count). The smallest absolute Gasteiger partial charge is 0.462 e. The maximum atomic E-state index is 13.0. The third kappa shape index (κ3) is 59.0. The summed E-state index contributed by atoms with van der Waals surface area (Å²) in [5, 5.41) is 10.5. The zero-order valence-electron chi connectivity index (χ0n) is 54.5. The number of ether oxygens (including phenoxy) is 4. The molecule has 0 aromatic heterocycles. The molecule has 17 nitrogen and oxygen atoms in total. The fraction of sp³-hybridized carbons (Fsp3) is 0.938. The number of rotatable bonds is 62. The number of aliphatic hydroxyl groups is 1.